The summed E-state index contributed by atoms with van der Waals surface area (Å²) in [6.07, 6.45) is 1.16. The van der Waals surface area contributed by atoms with Crippen molar-refractivity contribution in [2.45, 2.75) is 6.54 Å². The first kappa shape index (κ1) is 17.5. The van der Waals surface area contributed by atoms with Gasteiger partial charge in [0, 0.05) is 17.8 Å². The van der Waals surface area contributed by atoms with Gasteiger partial charge in [-0.05, 0) is 18.2 Å². The number of benzene rings is 1. The second-order valence-corrected chi connectivity index (χ2v) is 5.08. The van der Waals surface area contributed by atoms with Gasteiger partial charge < -0.3 is 9.47 Å². The summed E-state index contributed by atoms with van der Waals surface area (Å²) in [6, 6.07) is 5.52. The monoisotopic (exact) mass is 352 g/mol. The minimum Gasteiger partial charge on any atom is -0.495 e. The average Bonchev–Trinajstić information content (AvgIpc) is 2.55. The van der Waals surface area contributed by atoms with E-state index in [1.54, 1.807) is 0 Å². The lowest BCUT2D eigenvalue weighted by atomic mass is 10.1. The number of ketones is 1. The normalized spacial score (nSPS) is 10.2. The van der Waals surface area contributed by atoms with Crippen molar-refractivity contribution < 1.29 is 19.1 Å². The Kier molecular flexibility index (Phi) is 5.54. The van der Waals surface area contributed by atoms with Crippen LogP contribution in [-0.4, -0.2) is 35.0 Å². The summed E-state index contributed by atoms with van der Waals surface area (Å²) in [5.41, 5.74) is -1.06. The van der Waals surface area contributed by atoms with E-state index in [1.807, 2.05) is 4.98 Å². The number of esters is 1. The average molecular weight is 353 g/mol. The maximum Gasteiger partial charge on any atom is 0.328 e. The molecule has 24 heavy (non-hydrogen) atoms. The van der Waals surface area contributed by atoms with E-state index >= 15 is 0 Å². The van der Waals surface area contributed by atoms with Crippen molar-refractivity contribution in [3.05, 3.63) is 61.9 Å². The molecule has 1 N–H and O–H groups in total. The van der Waals surface area contributed by atoms with Crippen molar-refractivity contribution >= 4 is 23.4 Å². The van der Waals surface area contributed by atoms with Crippen molar-refractivity contribution in [2.75, 3.05) is 13.7 Å². The molecule has 2 rings (SSSR count). The van der Waals surface area contributed by atoms with Crippen LogP contribution in [0.2, 0.25) is 5.02 Å². The standard InChI is InChI=1S/C15H13ClN2O6/c1-23-12-3-2-9(6-10(12)16)11(19)8-24-14(21)7-18-5-4-13(20)17-15(18)22/h2-6H,7-8H2,1H3,(H,17,20,22). The van der Waals surface area contributed by atoms with Gasteiger partial charge in [0.15, 0.2) is 12.4 Å². The van der Waals surface area contributed by atoms with Crippen LogP contribution in [-0.2, 0) is 16.1 Å². The van der Waals surface area contributed by atoms with Crippen LogP contribution in [0.25, 0.3) is 0 Å². The lowest BCUT2D eigenvalue weighted by Gasteiger charge is -2.07. The number of aromatic amines is 1. The summed E-state index contributed by atoms with van der Waals surface area (Å²) in [6.45, 7) is -0.925. The minimum atomic E-state index is -0.794. The molecule has 1 heterocycles. The molecule has 0 aliphatic heterocycles. The number of nitrogens with one attached hydrogen (secondary N) is 1. The fourth-order valence-electron chi connectivity index (χ4n) is 1.82. The number of hydrogen-bond donors (Lipinski definition) is 1. The first-order chi connectivity index (χ1) is 11.4. The minimum absolute atomic E-state index is 0.259. The van der Waals surface area contributed by atoms with Crippen LogP contribution < -0.4 is 16.0 Å². The van der Waals surface area contributed by atoms with Gasteiger partial charge in [0.05, 0.1) is 12.1 Å². The number of H-pyrrole nitrogens is 1. The maximum absolute atomic E-state index is 12.0. The SMILES string of the molecule is COc1ccc(C(=O)COC(=O)Cn2ccc(=O)[nH]c2=O)cc1Cl. The van der Waals surface area contributed by atoms with Crippen molar-refractivity contribution in [3.63, 3.8) is 0 Å². The zero-order chi connectivity index (χ0) is 17.7. The smallest absolute Gasteiger partial charge is 0.328 e. The summed E-state index contributed by atoms with van der Waals surface area (Å²) < 4.78 is 10.8. The quantitative estimate of drug-likeness (QED) is 0.603. The molecular weight excluding hydrogens is 340 g/mol. The molecule has 1 aromatic heterocycles. The highest BCUT2D eigenvalue weighted by molar-refractivity contribution is 6.32. The summed E-state index contributed by atoms with van der Waals surface area (Å²) in [4.78, 5) is 48.0. The summed E-state index contributed by atoms with van der Waals surface area (Å²) in [5, 5.41) is 0.259. The van der Waals surface area contributed by atoms with E-state index in [-0.39, 0.29) is 10.6 Å². The van der Waals surface area contributed by atoms with Gasteiger partial charge in [0.1, 0.15) is 12.3 Å². The van der Waals surface area contributed by atoms with Gasteiger partial charge in [-0.15, -0.1) is 0 Å². The third kappa shape index (κ3) is 4.32. The Hall–Kier alpha value is -2.87. The van der Waals surface area contributed by atoms with E-state index in [0.717, 1.165) is 16.8 Å². The number of carbonyl (C=O) groups excluding carboxylic acids is 2. The molecule has 0 radical (unpaired) electrons. The molecule has 0 spiro atoms. The van der Waals surface area contributed by atoms with Crippen molar-refractivity contribution in [2.24, 2.45) is 0 Å². The second kappa shape index (κ2) is 7.60. The molecule has 0 bridgehead atoms. The molecule has 0 amide bonds. The van der Waals surface area contributed by atoms with Crippen molar-refractivity contribution in [1.29, 1.82) is 0 Å². The first-order valence-electron chi connectivity index (χ1n) is 6.73. The number of nitrogens with zero attached hydrogens (tertiary/aromatic N) is 1. The van der Waals surface area contributed by atoms with Crippen LogP contribution in [0, 0.1) is 0 Å². The van der Waals surface area contributed by atoms with Crippen LogP contribution in [0.1, 0.15) is 10.4 Å². The third-order valence-electron chi connectivity index (χ3n) is 3.03. The van der Waals surface area contributed by atoms with Crippen LogP contribution in [0.4, 0.5) is 0 Å². The van der Waals surface area contributed by atoms with E-state index in [1.165, 1.54) is 25.3 Å². The molecule has 0 unspecified atom stereocenters. The van der Waals surface area contributed by atoms with Crippen molar-refractivity contribution in [3.8, 4) is 5.75 Å². The van der Waals surface area contributed by atoms with Crippen LogP contribution in [0.15, 0.2) is 40.1 Å². The van der Waals surface area contributed by atoms with Gasteiger partial charge in [-0.2, -0.15) is 0 Å². The predicted molar refractivity (Wildman–Crippen MR) is 84.6 cm³/mol. The van der Waals surface area contributed by atoms with E-state index in [2.05, 4.69) is 0 Å². The summed E-state index contributed by atoms with van der Waals surface area (Å²) >= 11 is 5.92. The van der Waals surface area contributed by atoms with E-state index < -0.39 is 36.2 Å². The van der Waals surface area contributed by atoms with Gasteiger partial charge in [0.25, 0.3) is 5.56 Å². The van der Waals surface area contributed by atoms with Crippen LogP contribution in [0.5, 0.6) is 5.75 Å². The largest absolute Gasteiger partial charge is 0.495 e. The van der Waals surface area contributed by atoms with Crippen molar-refractivity contribution in [1.82, 2.24) is 9.55 Å². The molecule has 0 saturated carbocycles. The Morgan fingerprint density at radius 1 is 1.25 bits per heavy atom. The molecule has 0 atom stereocenters. The number of hydrogen-bond acceptors (Lipinski definition) is 6. The molecule has 0 aliphatic carbocycles. The molecule has 0 aliphatic rings. The fourth-order valence-corrected chi connectivity index (χ4v) is 2.08. The van der Waals surface area contributed by atoms with E-state index in [9.17, 15) is 19.2 Å². The van der Waals surface area contributed by atoms with Gasteiger partial charge in [-0.25, -0.2) is 4.79 Å². The van der Waals surface area contributed by atoms with Gasteiger partial charge in [0.2, 0.25) is 0 Å². The molecule has 9 heteroatoms. The lowest BCUT2D eigenvalue weighted by Crippen LogP contribution is -2.31. The fraction of sp³-hybridized carbons (Fsp3) is 0.200. The number of ether oxygens (including phenoxy) is 2. The molecule has 0 saturated heterocycles. The Bertz CT molecular complexity index is 886. The molecule has 8 nitrogen and oxygen atoms in total. The van der Waals surface area contributed by atoms with E-state index in [0.29, 0.717) is 5.75 Å². The Labute approximate surface area is 140 Å². The maximum atomic E-state index is 12.0. The highest BCUT2D eigenvalue weighted by Crippen LogP contribution is 2.25. The predicted octanol–water partition coefficient (Wildman–Crippen LogP) is 0.625. The number of halogens is 1. The summed E-state index contributed by atoms with van der Waals surface area (Å²) in [5.74, 6) is -0.832. The topological polar surface area (TPSA) is 107 Å². The number of aromatic nitrogens is 2. The zero-order valence-corrected chi connectivity index (χ0v) is 13.3. The molecule has 126 valence electrons. The number of carbonyl (C=O) groups is 2. The highest BCUT2D eigenvalue weighted by atomic mass is 35.5. The molecule has 1 aromatic carbocycles. The van der Waals surface area contributed by atoms with Gasteiger partial charge in [-0.3, -0.25) is 23.9 Å². The van der Waals surface area contributed by atoms with Gasteiger partial charge >= 0.3 is 11.7 Å². The van der Waals surface area contributed by atoms with Crippen LogP contribution in [0.3, 0.4) is 0 Å². The van der Waals surface area contributed by atoms with Crippen LogP contribution >= 0.6 is 11.6 Å². The second-order valence-electron chi connectivity index (χ2n) is 4.67. The number of rotatable bonds is 6. The van der Waals surface area contributed by atoms with E-state index in [4.69, 9.17) is 21.1 Å². The molecule has 2 aromatic rings. The Morgan fingerprint density at radius 2 is 2.00 bits per heavy atom. The molecule has 0 fully saturated rings. The van der Waals surface area contributed by atoms with Gasteiger partial charge in [-0.1, -0.05) is 11.6 Å². The first-order valence-corrected chi connectivity index (χ1v) is 7.10. The number of methoxy groups -OCH3 is 1. The Balaban J connectivity index is 1.96. The Morgan fingerprint density at radius 3 is 2.62 bits per heavy atom. The number of Topliss-reactive ketones (excluding diaryl/α,β-unsaturated/α-hetero) is 1. The summed E-state index contributed by atoms with van der Waals surface area (Å²) in [7, 11) is 1.45. The molecular formula is C15H13ClN2O6. The third-order valence-corrected chi connectivity index (χ3v) is 3.33. The lowest BCUT2D eigenvalue weighted by molar-refractivity contribution is -0.143. The highest BCUT2D eigenvalue weighted by Gasteiger charge is 2.13. The zero-order valence-electron chi connectivity index (χ0n) is 12.6.